The van der Waals surface area contributed by atoms with E-state index in [2.05, 4.69) is 29.1 Å². The Balaban J connectivity index is 2.52. The maximum absolute atomic E-state index is 11.3. The van der Waals surface area contributed by atoms with Crippen LogP contribution in [0.25, 0.3) is 0 Å². The number of halogens is 1. The van der Waals surface area contributed by atoms with Crippen LogP contribution in [0.3, 0.4) is 0 Å². The van der Waals surface area contributed by atoms with Gasteiger partial charge in [-0.15, -0.1) is 0 Å². The standard InChI is InChI=1S/C10H16IN3OS/c1-3-16-5-4-7(2)14-9-8(11)10(15)13-6-12-9/h6-7H,3-5H2,1-2H3,(H2,12,13,14,15). The number of thioether (sulfide) groups is 1. The van der Waals surface area contributed by atoms with Crippen molar-refractivity contribution in [1.29, 1.82) is 0 Å². The summed E-state index contributed by atoms with van der Waals surface area (Å²) in [5.41, 5.74) is -0.0896. The van der Waals surface area contributed by atoms with Crippen molar-refractivity contribution in [1.82, 2.24) is 9.97 Å². The molecule has 0 aliphatic carbocycles. The topological polar surface area (TPSA) is 57.8 Å². The quantitative estimate of drug-likeness (QED) is 0.609. The molecule has 1 rings (SSSR count). The van der Waals surface area contributed by atoms with Crippen molar-refractivity contribution in [3.05, 3.63) is 20.3 Å². The van der Waals surface area contributed by atoms with E-state index in [0.717, 1.165) is 17.9 Å². The smallest absolute Gasteiger partial charge is 0.266 e. The number of hydrogen-bond acceptors (Lipinski definition) is 4. The number of H-pyrrole nitrogens is 1. The first-order valence-electron chi connectivity index (χ1n) is 5.22. The molecule has 0 saturated carbocycles. The van der Waals surface area contributed by atoms with Crippen molar-refractivity contribution >= 4 is 40.2 Å². The Morgan fingerprint density at radius 1 is 1.69 bits per heavy atom. The molecule has 6 heteroatoms. The number of rotatable bonds is 6. The van der Waals surface area contributed by atoms with E-state index in [-0.39, 0.29) is 5.56 Å². The van der Waals surface area contributed by atoms with Gasteiger partial charge in [-0.25, -0.2) is 4.98 Å². The summed E-state index contributed by atoms with van der Waals surface area (Å²) in [5.74, 6) is 2.95. The first kappa shape index (κ1) is 13.8. The lowest BCUT2D eigenvalue weighted by molar-refractivity contribution is 0.764. The van der Waals surface area contributed by atoms with Gasteiger partial charge >= 0.3 is 0 Å². The van der Waals surface area contributed by atoms with Gasteiger partial charge in [0.15, 0.2) is 0 Å². The normalized spacial score (nSPS) is 12.4. The zero-order valence-electron chi connectivity index (χ0n) is 9.42. The van der Waals surface area contributed by atoms with E-state index in [1.54, 1.807) is 0 Å². The van der Waals surface area contributed by atoms with E-state index >= 15 is 0 Å². The highest BCUT2D eigenvalue weighted by molar-refractivity contribution is 14.1. The minimum atomic E-state index is -0.0896. The molecule has 4 nitrogen and oxygen atoms in total. The summed E-state index contributed by atoms with van der Waals surface area (Å²) < 4.78 is 0.620. The second kappa shape index (κ2) is 7.16. The van der Waals surface area contributed by atoms with Crippen LogP contribution in [0, 0.1) is 3.57 Å². The zero-order chi connectivity index (χ0) is 12.0. The largest absolute Gasteiger partial charge is 0.366 e. The summed E-state index contributed by atoms with van der Waals surface area (Å²) in [6.45, 7) is 4.26. The number of hydrogen-bond donors (Lipinski definition) is 2. The van der Waals surface area contributed by atoms with Gasteiger partial charge in [0.05, 0.1) is 6.33 Å². The number of nitrogens with zero attached hydrogens (tertiary/aromatic N) is 1. The van der Waals surface area contributed by atoms with Crippen molar-refractivity contribution < 1.29 is 0 Å². The highest BCUT2D eigenvalue weighted by Crippen LogP contribution is 2.12. The number of aromatic nitrogens is 2. The Bertz CT molecular complexity index is 383. The lowest BCUT2D eigenvalue weighted by atomic mass is 10.2. The predicted octanol–water partition coefficient (Wildman–Crippen LogP) is 2.32. The molecule has 1 aromatic heterocycles. The third-order valence-corrected chi connectivity index (χ3v) is 4.01. The Labute approximate surface area is 113 Å². The number of aromatic amines is 1. The molecule has 0 saturated heterocycles. The van der Waals surface area contributed by atoms with Crippen molar-refractivity contribution in [2.75, 3.05) is 16.8 Å². The molecule has 0 aromatic carbocycles. The van der Waals surface area contributed by atoms with E-state index in [4.69, 9.17) is 0 Å². The van der Waals surface area contributed by atoms with E-state index in [0.29, 0.717) is 15.4 Å². The second-order valence-electron chi connectivity index (χ2n) is 3.43. The summed E-state index contributed by atoms with van der Waals surface area (Å²) in [6, 6.07) is 0.335. The third-order valence-electron chi connectivity index (χ3n) is 2.08. The fourth-order valence-electron chi connectivity index (χ4n) is 1.19. The van der Waals surface area contributed by atoms with E-state index in [1.807, 2.05) is 34.4 Å². The highest BCUT2D eigenvalue weighted by atomic mass is 127. The maximum atomic E-state index is 11.3. The van der Waals surface area contributed by atoms with Crippen LogP contribution in [0.1, 0.15) is 20.3 Å². The van der Waals surface area contributed by atoms with Gasteiger partial charge in [0.1, 0.15) is 9.39 Å². The van der Waals surface area contributed by atoms with Crippen molar-refractivity contribution in [2.45, 2.75) is 26.3 Å². The molecule has 0 aliphatic heterocycles. The zero-order valence-corrected chi connectivity index (χ0v) is 12.4. The molecule has 0 spiro atoms. The van der Waals surface area contributed by atoms with Gasteiger partial charge in [0.2, 0.25) is 0 Å². The minimum absolute atomic E-state index is 0.0896. The molecule has 2 N–H and O–H groups in total. The van der Waals surface area contributed by atoms with Crippen molar-refractivity contribution in [3.8, 4) is 0 Å². The Morgan fingerprint density at radius 3 is 3.12 bits per heavy atom. The lowest BCUT2D eigenvalue weighted by Gasteiger charge is -2.14. The molecular formula is C10H16IN3OS. The third kappa shape index (κ3) is 4.32. The molecule has 1 unspecified atom stereocenters. The first-order valence-corrected chi connectivity index (χ1v) is 7.46. The average molecular weight is 353 g/mol. The molecule has 1 heterocycles. The Kier molecular flexibility index (Phi) is 6.18. The van der Waals surface area contributed by atoms with Gasteiger partial charge in [-0.1, -0.05) is 6.92 Å². The van der Waals surface area contributed by atoms with Gasteiger partial charge < -0.3 is 10.3 Å². The second-order valence-corrected chi connectivity index (χ2v) is 5.90. The summed E-state index contributed by atoms with van der Waals surface area (Å²) in [4.78, 5) is 18.0. The maximum Gasteiger partial charge on any atom is 0.266 e. The van der Waals surface area contributed by atoms with E-state index < -0.39 is 0 Å². The molecule has 0 bridgehead atoms. The fourth-order valence-corrected chi connectivity index (χ4v) is 2.45. The molecule has 0 aliphatic rings. The molecule has 1 aromatic rings. The van der Waals surface area contributed by atoms with Gasteiger partial charge in [-0.05, 0) is 47.4 Å². The summed E-state index contributed by atoms with van der Waals surface area (Å²) in [5, 5.41) is 3.26. The molecule has 0 fully saturated rings. The Hall–Kier alpha value is -0.240. The minimum Gasteiger partial charge on any atom is -0.366 e. The van der Waals surface area contributed by atoms with Crippen LogP contribution in [0.4, 0.5) is 5.82 Å². The molecule has 90 valence electrons. The van der Waals surface area contributed by atoms with Crippen LogP contribution in [-0.2, 0) is 0 Å². The highest BCUT2D eigenvalue weighted by Gasteiger charge is 2.08. The van der Waals surface area contributed by atoms with Crippen molar-refractivity contribution in [3.63, 3.8) is 0 Å². The summed E-state index contributed by atoms with van der Waals surface area (Å²) in [7, 11) is 0. The van der Waals surface area contributed by atoms with Crippen LogP contribution in [0.2, 0.25) is 0 Å². The van der Waals surface area contributed by atoms with Crippen LogP contribution in [0.5, 0.6) is 0 Å². The van der Waals surface area contributed by atoms with Gasteiger partial charge in [-0.2, -0.15) is 11.8 Å². The average Bonchev–Trinajstić information content (AvgIpc) is 2.25. The van der Waals surface area contributed by atoms with E-state index in [1.165, 1.54) is 6.33 Å². The van der Waals surface area contributed by atoms with Gasteiger partial charge in [0.25, 0.3) is 5.56 Å². The van der Waals surface area contributed by atoms with Gasteiger partial charge in [0, 0.05) is 6.04 Å². The van der Waals surface area contributed by atoms with Gasteiger partial charge in [-0.3, -0.25) is 4.79 Å². The molecular weight excluding hydrogens is 337 g/mol. The molecule has 1 atom stereocenters. The monoisotopic (exact) mass is 353 g/mol. The SMILES string of the molecule is CCSCCC(C)Nc1nc[nH]c(=O)c1I. The van der Waals surface area contributed by atoms with Crippen LogP contribution < -0.4 is 10.9 Å². The molecule has 0 radical (unpaired) electrons. The van der Waals surface area contributed by atoms with Crippen LogP contribution in [-0.4, -0.2) is 27.5 Å². The summed E-state index contributed by atoms with van der Waals surface area (Å²) >= 11 is 3.93. The van der Waals surface area contributed by atoms with E-state index in [9.17, 15) is 4.79 Å². The molecule has 16 heavy (non-hydrogen) atoms. The van der Waals surface area contributed by atoms with Crippen molar-refractivity contribution in [2.24, 2.45) is 0 Å². The Morgan fingerprint density at radius 2 is 2.44 bits per heavy atom. The lowest BCUT2D eigenvalue weighted by Crippen LogP contribution is -2.21. The number of anilines is 1. The van der Waals surface area contributed by atoms with Crippen LogP contribution >= 0.6 is 34.4 Å². The molecule has 0 amide bonds. The predicted molar refractivity (Wildman–Crippen MR) is 78.3 cm³/mol. The number of nitrogens with one attached hydrogen (secondary N) is 2. The first-order chi connectivity index (χ1) is 7.65. The fraction of sp³-hybridized carbons (Fsp3) is 0.600. The van der Waals surface area contributed by atoms with Crippen LogP contribution in [0.15, 0.2) is 11.1 Å². The summed E-state index contributed by atoms with van der Waals surface area (Å²) in [6.07, 6.45) is 2.50.